The second-order valence-corrected chi connectivity index (χ2v) is 4.33. The van der Waals surface area contributed by atoms with Gasteiger partial charge in [-0.3, -0.25) is 0 Å². The molecule has 0 bridgehead atoms. The van der Waals surface area contributed by atoms with Gasteiger partial charge in [0, 0.05) is 10.6 Å². The Balaban J connectivity index is 2.61. The van der Waals surface area contributed by atoms with E-state index in [0.29, 0.717) is 16.1 Å². The van der Waals surface area contributed by atoms with Crippen molar-refractivity contribution >= 4 is 11.6 Å². The molecule has 0 heterocycles. The molecule has 0 saturated carbocycles. The van der Waals surface area contributed by atoms with E-state index in [1.165, 1.54) is 13.2 Å². The zero-order valence-electron chi connectivity index (χ0n) is 9.96. The maximum atomic E-state index is 12.8. The molecule has 2 aromatic carbocycles. The zero-order valence-corrected chi connectivity index (χ0v) is 10.7. The lowest BCUT2D eigenvalue weighted by atomic mass is 10.0. The molecule has 100 valence electrons. The number of benzene rings is 2. The van der Waals surface area contributed by atoms with Gasteiger partial charge < -0.3 is 4.74 Å². The van der Waals surface area contributed by atoms with E-state index >= 15 is 0 Å². The number of rotatable bonds is 2. The quantitative estimate of drug-likeness (QED) is 0.752. The lowest BCUT2D eigenvalue weighted by Crippen LogP contribution is -2.05. The van der Waals surface area contributed by atoms with Crippen molar-refractivity contribution in [3.05, 3.63) is 53.1 Å². The normalized spacial score (nSPS) is 11.4. The van der Waals surface area contributed by atoms with Gasteiger partial charge in [0.2, 0.25) is 0 Å². The van der Waals surface area contributed by atoms with Crippen LogP contribution < -0.4 is 4.74 Å². The second kappa shape index (κ2) is 5.13. The van der Waals surface area contributed by atoms with Gasteiger partial charge >= 0.3 is 6.18 Å². The van der Waals surface area contributed by atoms with Crippen LogP contribution in [0, 0.1) is 0 Å². The van der Waals surface area contributed by atoms with Crippen molar-refractivity contribution in [1.82, 2.24) is 0 Å². The first-order valence-electron chi connectivity index (χ1n) is 5.43. The van der Waals surface area contributed by atoms with E-state index in [1.807, 2.05) is 0 Å². The Morgan fingerprint density at radius 1 is 1.05 bits per heavy atom. The summed E-state index contributed by atoms with van der Waals surface area (Å²) in [7, 11) is 1.33. The Morgan fingerprint density at radius 3 is 2.32 bits per heavy atom. The molecule has 2 aromatic rings. The van der Waals surface area contributed by atoms with Crippen LogP contribution in [0.4, 0.5) is 13.2 Å². The van der Waals surface area contributed by atoms with Crippen molar-refractivity contribution in [3.63, 3.8) is 0 Å². The van der Waals surface area contributed by atoms with Gasteiger partial charge in [-0.05, 0) is 29.8 Å². The van der Waals surface area contributed by atoms with Gasteiger partial charge in [-0.15, -0.1) is 0 Å². The minimum Gasteiger partial charge on any atom is -0.497 e. The highest BCUT2D eigenvalue weighted by Crippen LogP contribution is 2.37. The fourth-order valence-corrected chi connectivity index (χ4v) is 1.98. The number of hydrogen-bond acceptors (Lipinski definition) is 1. The van der Waals surface area contributed by atoms with Gasteiger partial charge in [0.1, 0.15) is 5.75 Å². The highest BCUT2D eigenvalue weighted by Gasteiger charge is 2.31. The third kappa shape index (κ3) is 3.01. The highest BCUT2D eigenvalue weighted by molar-refractivity contribution is 6.33. The fourth-order valence-electron chi connectivity index (χ4n) is 1.73. The van der Waals surface area contributed by atoms with Crippen LogP contribution >= 0.6 is 11.6 Å². The summed E-state index contributed by atoms with van der Waals surface area (Å²) in [6.45, 7) is 0. The van der Waals surface area contributed by atoms with Gasteiger partial charge in [-0.1, -0.05) is 29.8 Å². The van der Waals surface area contributed by atoms with Gasteiger partial charge in [0.25, 0.3) is 0 Å². The van der Waals surface area contributed by atoms with E-state index in [4.69, 9.17) is 16.3 Å². The van der Waals surface area contributed by atoms with Crippen molar-refractivity contribution in [3.8, 4) is 16.9 Å². The van der Waals surface area contributed by atoms with Crippen molar-refractivity contribution in [2.45, 2.75) is 6.18 Å². The van der Waals surface area contributed by atoms with Crippen LogP contribution in [-0.4, -0.2) is 7.11 Å². The third-order valence-corrected chi connectivity index (χ3v) is 2.98. The predicted molar refractivity (Wildman–Crippen MR) is 68.4 cm³/mol. The molecule has 0 radical (unpaired) electrons. The molecular formula is C14H10ClF3O. The van der Waals surface area contributed by atoms with Crippen LogP contribution in [0.3, 0.4) is 0 Å². The van der Waals surface area contributed by atoms with Crippen molar-refractivity contribution in [2.24, 2.45) is 0 Å². The van der Waals surface area contributed by atoms with E-state index in [9.17, 15) is 13.2 Å². The molecule has 0 aromatic heterocycles. The Hall–Kier alpha value is -1.68. The molecule has 0 unspecified atom stereocenters. The Morgan fingerprint density at radius 2 is 1.74 bits per heavy atom. The summed E-state index contributed by atoms with van der Waals surface area (Å²) in [5, 5.41) is 0.392. The predicted octanol–water partition coefficient (Wildman–Crippen LogP) is 5.03. The Bertz CT molecular complexity index is 593. The average molecular weight is 287 g/mol. The molecular weight excluding hydrogens is 277 g/mol. The number of halogens is 4. The monoisotopic (exact) mass is 286 g/mol. The molecule has 0 aliphatic carbocycles. The van der Waals surface area contributed by atoms with Crippen LogP contribution in [0.2, 0.25) is 5.02 Å². The number of alkyl halides is 3. The van der Waals surface area contributed by atoms with Gasteiger partial charge in [-0.2, -0.15) is 13.2 Å². The van der Waals surface area contributed by atoms with Crippen molar-refractivity contribution < 1.29 is 17.9 Å². The molecule has 0 fully saturated rings. The lowest BCUT2D eigenvalue weighted by molar-refractivity contribution is -0.137. The standard InChI is InChI=1S/C14H10ClF3O/c1-19-11-7-9(6-10(8-11)14(16,17)18)12-4-2-3-5-13(12)15/h2-8H,1H3. The molecule has 0 spiro atoms. The smallest absolute Gasteiger partial charge is 0.416 e. The average Bonchev–Trinajstić information content (AvgIpc) is 2.37. The van der Waals surface area contributed by atoms with E-state index in [0.717, 1.165) is 12.1 Å². The first-order chi connectivity index (χ1) is 8.91. The molecule has 2 rings (SSSR count). The van der Waals surface area contributed by atoms with E-state index in [1.54, 1.807) is 24.3 Å². The molecule has 5 heteroatoms. The molecule has 1 nitrogen and oxygen atoms in total. The second-order valence-electron chi connectivity index (χ2n) is 3.93. The maximum absolute atomic E-state index is 12.8. The molecule has 0 atom stereocenters. The minimum atomic E-state index is -4.43. The number of ether oxygens (including phenoxy) is 1. The molecule has 0 amide bonds. The maximum Gasteiger partial charge on any atom is 0.416 e. The largest absolute Gasteiger partial charge is 0.497 e. The van der Waals surface area contributed by atoms with Crippen LogP contribution in [0.15, 0.2) is 42.5 Å². The zero-order chi connectivity index (χ0) is 14.0. The summed E-state index contributed by atoms with van der Waals surface area (Å²) in [4.78, 5) is 0. The highest BCUT2D eigenvalue weighted by atomic mass is 35.5. The minimum absolute atomic E-state index is 0.143. The Kier molecular flexibility index (Phi) is 3.71. The van der Waals surface area contributed by atoms with Crippen LogP contribution in [0.25, 0.3) is 11.1 Å². The van der Waals surface area contributed by atoms with Crippen molar-refractivity contribution in [1.29, 1.82) is 0 Å². The summed E-state index contributed by atoms with van der Waals surface area (Å²) in [5.74, 6) is 0.143. The van der Waals surface area contributed by atoms with E-state index in [2.05, 4.69) is 0 Å². The van der Waals surface area contributed by atoms with Crippen molar-refractivity contribution in [2.75, 3.05) is 7.11 Å². The number of methoxy groups -OCH3 is 1. The summed E-state index contributed by atoms with van der Waals surface area (Å²) >= 11 is 6.00. The first kappa shape index (κ1) is 13.7. The van der Waals surface area contributed by atoms with E-state index in [-0.39, 0.29) is 5.75 Å². The summed E-state index contributed by atoms with van der Waals surface area (Å²) in [6.07, 6.45) is -4.43. The lowest BCUT2D eigenvalue weighted by Gasteiger charge is -2.12. The van der Waals surface area contributed by atoms with E-state index < -0.39 is 11.7 Å². The van der Waals surface area contributed by atoms with Gasteiger partial charge in [0.15, 0.2) is 0 Å². The first-order valence-corrected chi connectivity index (χ1v) is 5.81. The fraction of sp³-hybridized carbons (Fsp3) is 0.143. The van der Waals surface area contributed by atoms with Crippen LogP contribution in [0.5, 0.6) is 5.75 Å². The number of hydrogen-bond donors (Lipinski definition) is 0. The molecule has 0 N–H and O–H groups in total. The molecule has 0 saturated heterocycles. The summed E-state index contributed by atoms with van der Waals surface area (Å²) in [5.41, 5.74) is 0.146. The topological polar surface area (TPSA) is 9.23 Å². The molecule has 19 heavy (non-hydrogen) atoms. The summed E-state index contributed by atoms with van der Waals surface area (Å²) in [6, 6.07) is 10.3. The van der Waals surface area contributed by atoms with Crippen LogP contribution in [0.1, 0.15) is 5.56 Å². The molecule has 0 aliphatic heterocycles. The summed E-state index contributed by atoms with van der Waals surface area (Å²) < 4.78 is 43.3. The molecule has 0 aliphatic rings. The third-order valence-electron chi connectivity index (χ3n) is 2.65. The van der Waals surface area contributed by atoms with Crippen LogP contribution in [-0.2, 0) is 6.18 Å². The van der Waals surface area contributed by atoms with Gasteiger partial charge in [0.05, 0.1) is 12.7 Å². The van der Waals surface area contributed by atoms with Gasteiger partial charge in [-0.25, -0.2) is 0 Å². The SMILES string of the molecule is COc1cc(-c2ccccc2Cl)cc(C(F)(F)F)c1. The Labute approximate surface area is 113 Å².